The normalized spacial score (nSPS) is 21.8. The summed E-state index contributed by atoms with van der Waals surface area (Å²) in [6.07, 6.45) is 5.42. The van der Waals surface area contributed by atoms with Gasteiger partial charge in [0.1, 0.15) is 0 Å². The Kier molecular flexibility index (Phi) is 4.80. The Morgan fingerprint density at radius 1 is 1.12 bits per heavy atom. The first-order chi connectivity index (χ1) is 8.29. The highest BCUT2D eigenvalue weighted by Crippen LogP contribution is 2.29. The number of hydrogen-bond acceptors (Lipinski definition) is 3. The van der Waals surface area contributed by atoms with Gasteiger partial charge >= 0.3 is 0 Å². The van der Waals surface area contributed by atoms with E-state index < -0.39 is 0 Å². The van der Waals surface area contributed by atoms with Gasteiger partial charge in [-0.3, -0.25) is 9.69 Å². The largest absolute Gasteiger partial charge is 0.340 e. The highest BCUT2D eigenvalue weighted by atomic mass is 16.2. The zero-order valence-corrected chi connectivity index (χ0v) is 10.7. The number of hydrogen-bond donors (Lipinski definition) is 1. The lowest BCUT2D eigenvalue weighted by molar-refractivity contribution is -0.133. The van der Waals surface area contributed by atoms with E-state index in [1.54, 1.807) is 0 Å². The molecule has 0 unspecified atom stereocenters. The Hall–Kier alpha value is -0.610. The van der Waals surface area contributed by atoms with Gasteiger partial charge in [-0.25, -0.2) is 0 Å². The van der Waals surface area contributed by atoms with Crippen molar-refractivity contribution in [2.45, 2.75) is 32.1 Å². The van der Waals surface area contributed by atoms with Gasteiger partial charge < -0.3 is 10.6 Å². The number of carbonyl (C=O) groups excluding carboxylic acids is 1. The van der Waals surface area contributed by atoms with Gasteiger partial charge in [-0.15, -0.1) is 0 Å². The van der Waals surface area contributed by atoms with Crippen LogP contribution >= 0.6 is 0 Å². The lowest BCUT2D eigenvalue weighted by atomic mass is 10.2. The standard InChI is InChI=1S/C13H25N3O/c14-6-2-1-3-13(17)16-9-7-15(8-10-16)11-12-4-5-12/h12H,1-11,14H2. The molecule has 2 N–H and O–H groups in total. The average Bonchev–Trinajstić information content (AvgIpc) is 3.14. The fourth-order valence-electron chi connectivity index (χ4n) is 2.42. The highest BCUT2D eigenvalue weighted by Gasteiger charge is 2.27. The maximum Gasteiger partial charge on any atom is 0.222 e. The summed E-state index contributed by atoms with van der Waals surface area (Å²) in [5, 5.41) is 0. The molecule has 1 saturated heterocycles. The van der Waals surface area contributed by atoms with Crippen molar-refractivity contribution in [1.29, 1.82) is 0 Å². The van der Waals surface area contributed by atoms with Gasteiger partial charge in [0, 0.05) is 39.1 Å². The number of rotatable bonds is 6. The van der Waals surface area contributed by atoms with E-state index in [-0.39, 0.29) is 0 Å². The Balaban J connectivity index is 1.61. The van der Waals surface area contributed by atoms with Crippen LogP contribution in [0.5, 0.6) is 0 Å². The summed E-state index contributed by atoms with van der Waals surface area (Å²) >= 11 is 0. The SMILES string of the molecule is NCCCCC(=O)N1CCN(CC2CC2)CC1. The van der Waals surface area contributed by atoms with Gasteiger partial charge in [0.05, 0.1) is 0 Å². The molecule has 2 fully saturated rings. The second kappa shape index (κ2) is 6.36. The number of carbonyl (C=O) groups is 1. The van der Waals surface area contributed by atoms with Crippen LogP contribution in [0.3, 0.4) is 0 Å². The number of nitrogens with two attached hydrogens (primary N) is 1. The summed E-state index contributed by atoms with van der Waals surface area (Å²) in [4.78, 5) is 16.4. The maximum absolute atomic E-state index is 11.9. The minimum Gasteiger partial charge on any atom is -0.340 e. The van der Waals surface area contributed by atoms with Crippen molar-refractivity contribution in [3.63, 3.8) is 0 Å². The minimum atomic E-state index is 0.324. The van der Waals surface area contributed by atoms with E-state index in [2.05, 4.69) is 4.90 Å². The Labute approximate surface area is 104 Å². The first-order valence-electron chi connectivity index (χ1n) is 7.00. The zero-order valence-electron chi connectivity index (χ0n) is 10.7. The topological polar surface area (TPSA) is 49.6 Å². The quantitative estimate of drug-likeness (QED) is 0.693. The number of unbranched alkanes of at least 4 members (excludes halogenated alkanes) is 1. The summed E-state index contributed by atoms with van der Waals surface area (Å²) in [7, 11) is 0. The van der Waals surface area contributed by atoms with Crippen molar-refractivity contribution in [3.05, 3.63) is 0 Å². The van der Waals surface area contributed by atoms with Crippen LogP contribution in [0.25, 0.3) is 0 Å². The molecule has 17 heavy (non-hydrogen) atoms. The van der Waals surface area contributed by atoms with Crippen LogP contribution in [0.15, 0.2) is 0 Å². The lowest BCUT2D eigenvalue weighted by Gasteiger charge is -2.34. The Morgan fingerprint density at radius 2 is 1.82 bits per heavy atom. The van der Waals surface area contributed by atoms with Gasteiger partial charge in [-0.2, -0.15) is 0 Å². The summed E-state index contributed by atoms with van der Waals surface area (Å²) in [5.41, 5.74) is 5.43. The molecule has 0 aromatic heterocycles. The molecule has 0 aromatic carbocycles. The number of piperazine rings is 1. The van der Waals surface area contributed by atoms with E-state index in [0.717, 1.165) is 44.9 Å². The molecular weight excluding hydrogens is 214 g/mol. The summed E-state index contributed by atoms with van der Waals surface area (Å²) in [5.74, 6) is 1.28. The van der Waals surface area contributed by atoms with Crippen molar-refractivity contribution in [1.82, 2.24) is 9.80 Å². The summed E-state index contributed by atoms with van der Waals surface area (Å²) in [6.45, 7) is 5.94. The van der Waals surface area contributed by atoms with Gasteiger partial charge in [0.25, 0.3) is 0 Å². The van der Waals surface area contributed by atoms with E-state index in [1.807, 2.05) is 4.90 Å². The molecule has 1 saturated carbocycles. The summed E-state index contributed by atoms with van der Waals surface area (Å²) in [6, 6.07) is 0. The fraction of sp³-hybridized carbons (Fsp3) is 0.923. The second-order valence-corrected chi connectivity index (χ2v) is 5.37. The molecule has 4 heteroatoms. The first kappa shape index (κ1) is 12.8. The molecule has 2 aliphatic rings. The second-order valence-electron chi connectivity index (χ2n) is 5.37. The molecule has 1 amide bonds. The minimum absolute atomic E-state index is 0.324. The molecule has 0 bridgehead atoms. The molecule has 0 atom stereocenters. The predicted molar refractivity (Wildman–Crippen MR) is 68.6 cm³/mol. The first-order valence-corrected chi connectivity index (χ1v) is 7.00. The van der Waals surface area contributed by atoms with Crippen LogP contribution in [0, 0.1) is 5.92 Å². The molecule has 2 rings (SSSR count). The average molecular weight is 239 g/mol. The smallest absolute Gasteiger partial charge is 0.222 e. The third-order valence-electron chi connectivity index (χ3n) is 3.78. The van der Waals surface area contributed by atoms with Gasteiger partial charge in [0.2, 0.25) is 5.91 Å². The van der Waals surface area contributed by atoms with Crippen molar-refractivity contribution >= 4 is 5.91 Å². The van der Waals surface area contributed by atoms with Crippen molar-refractivity contribution in [3.8, 4) is 0 Å². The molecule has 0 spiro atoms. The van der Waals surface area contributed by atoms with Gasteiger partial charge in [0.15, 0.2) is 0 Å². The maximum atomic E-state index is 11.9. The van der Waals surface area contributed by atoms with Crippen LogP contribution in [0.1, 0.15) is 32.1 Å². The Morgan fingerprint density at radius 3 is 2.41 bits per heavy atom. The fourth-order valence-corrected chi connectivity index (χ4v) is 2.42. The van der Waals surface area contributed by atoms with E-state index >= 15 is 0 Å². The molecule has 1 heterocycles. The van der Waals surface area contributed by atoms with Crippen LogP contribution < -0.4 is 5.73 Å². The highest BCUT2D eigenvalue weighted by molar-refractivity contribution is 5.76. The van der Waals surface area contributed by atoms with Crippen LogP contribution in [0.4, 0.5) is 0 Å². The molecule has 4 nitrogen and oxygen atoms in total. The van der Waals surface area contributed by atoms with Gasteiger partial charge in [-0.05, 0) is 38.1 Å². The molecule has 1 aliphatic carbocycles. The zero-order chi connectivity index (χ0) is 12.1. The predicted octanol–water partition coefficient (Wildman–Crippen LogP) is 0.670. The van der Waals surface area contributed by atoms with Crippen molar-refractivity contribution in [2.75, 3.05) is 39.3 Å². The monoisotopic (exact) mass is 239 g/mol. The van der Waals surface area contributed by atoms with Crippen molar-refractivity contribution < 1.29 is 4.79 Å². The van der Waals surface area contributed by atoms with Crippen LogP contribution in [-0.4, -0.2) is 55.0 Å². The van der Waals surface area contributed by atoms with Crippen LogP contribution in [0.2, 0.25) is 0 Å². The van der Waals surface area contributed by atoms with E-state index in [1.165, 1.54) is 19.4 Å². The molecule has 0 radical (unpaired) electrons. The number of nitrogens with zero attached hydrogens (tertiary/aromatic N) is 2. The molecule has 98 valence electrons. The summed E-state index contributed by atoms with van der Waals surface area (Å²) < 4.78 is 0. The third kappa shape index (κ3) is 4.28. The van der Waals surface area contributed by atoms with Crippen molar-refractivity contribution in [2.24, 2.45) is 11.7 Å². The molecular formula is C13H25N3O. The Bertz CT molecular complexity index is 245. The van der Waals surface area contributed by atoms with E-state index in [4.69, 9.17) is 5.73 Å². The van der Waals surface area contributed by atoms with Gasteiger partial charge in [-0.1, -0.05) is 0 Å². The van der Waals surface area contributed by atoms with E-state index in [0.29, 0.717) is 18.9 Å². The van der Waals surface area contributed by atoms with E-state index in [9.17, 15) is 4.79 Å². The molecule has 0 aromatic rings. The molecule has 1 aliphatic heterocycles. The van der Waals surface area contributed by atoms with Crippen LogP contribution in [-0.2, 0) is 4.79 Å². The number of amides is 1. The third-order valence-corrected chi connectivity index (χ3v) is 3.78. The lowest BCUT2D eigenvalue weighted by Crippen LogP contribution is -2.49.